The fourth-order valence-corrected chi connectivity index (χ4v) is 2.47. The van der Waals surface area contributed by atoms with Crippen LogP contribution in [-0.2, 0) is 20.7 Å². The highest BCUT2D eigenvalue weighted by molar-refractivity contribution is 9.09. The average Bonchev–Trinajstić information content (AvgIpc) is 2.56. The van der Waals surface area contributed by atoms with Crippen molar-refractivity contribution >= 4 is 27.7 Å². The van der Waals surface area contributed by atoms with Gasteiger partial charge in [0.2, 0.25) is 5.78 Å². The van der Waals surface area contributed by atoms with E-state index in [1.54, 1.807) is 0 Å². The molecule has 1 atom stereocenters. The number of halogens is 1. The summed E-state index contributed by atoms with van der Waals surface area (Å²) in [5.41, 5.74) is 1.93. The van der Waals surface area contributed by atoms with Gasteiger partial charge in [0.05, 0.1) is 0 Å². The Morgan fingerprint density at radius 1 is 0.955 bits per heavy atom. The van der Waals surface area contributed by atoms with E-state index in [0.717, 1.165) is 11.1 Å². The van der Waals surface area contributed by atoms with E-state index in [-0.39, 0.29) is 6.42 Å². The van der Waals surface area contributed by atoms with Gasteiger partial charge in [-0.15, -0.1) is 0 Å². The van der Waals surface area contributed by atoms with Crippen molar-refractivity contribution in [1.29, 1.82) is 0 Å². The van der Waals surface area contributed by atoms with Crippen LogP contribution in [0.2, 0.25) is 0 Å². The first-order valence-electron chi connectivity index (χ1n) is 7.09. The maximum absolute atomic E-state index is 11.9. The number of rotatable bonds is 7. The van der Waals surface area contributed by atoms with Crippen LogP contribution in [0.5, 0.6) is 0 Å². The van der Waals surface area contributed by atoms with Gasteiger partial charge < -0.3 is 4.74 Å². The van der Waals surface area contributed by atoms with Crippen LogP contribution < -0.4 is 0 Å². The Morgan fingerprint density at radius 2 is 1.55 bits per heavy atom. The molecule has 1 unspecified atom stereocenters. The van der Waals surface area contributed by atoms with Gasteiger partial charge >= 0.3 is 5.97 Å². The Balaban J connectivity index is 2.15. The number of hydrogen-bond acceptors (Lipinski definition) is 3. The van der Waals surface area contributed by atoms with E-state index in [2.05, 4.69) is 15.9 Å². The molecule has 0 heterocycles. The lowest BCUT2D eigenvalue weighted by Gasteiger charge is -2.18. The Labute approximate surface area is 138 Å². The molecule has 0 bridgehead atoms. The number of esters is 1. The summed E-state index contributed by atoms with van der Waals surface area (Å²) in [5.74, 6) is -1.28. The maximum atomic E-state index is 11.9. The van der Waals surface area contributed by atoms with Gasteiger partial charge in [-0.1, -0.05) is 76.6 Å². The second-order valence-electron chi connectivity index (χ2n) is 4.86. The summed E-state index contributed by atoms with van der Waals surface area (Å²) in [4.78, 5) is 23.6. The summed E-state index contributed by atoms with van der Waals surface area (Å²) >= 11 is 3.15. The third-order valence-corrected chi connectivity index (χ3v) is 3.63. The zero-order chi connectivity index (χ0) is 15.8. The van der Waals surface area contributed by atoms with E-state index >= 15 is 0 Å². The van der Waals surface area contributed by atoms with Crippen molar-refractivity contribution in [3.63, 3.8) is 0 Å². The molecule has 0 spiro atoms. The molecule has 22 heavy (non-hydrogen) atoms. The number of ether oxygens (including phenoxy) is 1. The van der Waals surface area contributed by atoms with E-state index in [4.69, 9.17) is 4.74 Å². The first-order chi connectivity index (χ1) is 10.7. The second-order valence-corrected chi connectivity index (χ2v) is 5.65. The molecule has 0 aliphatic heterocycles. The van der Waals surface area contributed by atoms with Crippen molar-refractivity contribution in [2.45, 2.75) is 18.9 Å². The molecule has 0 amide bonds. The highest BCUT2D eigenvalue weighted by Crippen LogP contribution is 2.22. The normalized spacial score (nSPS) is 11.7. The van der Waals surface area contributed by atoms with E-state index in [1.807, 2.05) is 60.7 Å². The molecule has 2 aromatic carbocycles. The number of ketones is 1. The van der Waals surface area contributed by atoms with Crippen molar-refractivity contribution < 1.29 is 14.3 Å². The van der Waals surface area contributed by atoms with E-state index in [0.29, 0.717) is 11.8 Å². The molecule has 0 aliphatic rings. The predicted octanol–water partition coefficient (Wildman–Crippen LogP) is 3.87. The van der Waals surface area contributed by atoms with E-state index in [1.165, 1.54) is 0 Å². The predicted molar refractivity (Wildman–Crippen MR) is 88.8 cm³/mol. The monoisotopic (exact) mass is 360 g/mol. The molecule has 0 aromatic heterocycles. The second kappa shape index (κ2) is 8.49. The average molecular weight is 361 g/mol. The Bertz CT molecular complexity index is 611. The van der Waals surface area contributed by atoms with Crippen molar-refractivity contribution in [1.82, 2.24) is 0 Å². The van der Waals surface area contributed by atoms with Gasteiger partial charge in [0.25, 0.3) is 0 Å². The zero-order valence-corrected chi connectivity index (χ0v) is 13.7. The molecule has 3 nitrogen and oxygen atoms in total. The van der Waals surface area contributed by atoms with Crippen LogP contribution >= 0.6 is 15.9 Å². The number of alkyl halides is 1. The van der Waals surface area contributed by atoms with Gasteiger partial charge in [-0.2, -0.15) is 0 Å². The van der Waals surface area contributed by atoms with Crippen LogP contribution in [0.1, 0.15) is 23.7 Å². The molecule has 2 rings (SSSR count). The van der Waals surface area contributed by atoms with Crippen LogP contribution in [0.3, 0.4) is 0 Å². The van der Waals surface area contributed by atoms with Crippen LogP contribution in [0.15, 0.2) is 60.7 Å². The Morgan fingerprint density at radius 3 is 2.14 bits per heavy atom. The molecule has 0 radical (unpaired) electrons. The molecule has 0 fully saturated rings. The molecular weight excluding hydrogens is 344 g/mol. The molecule has 0 aliphatic carbocycles. The lowest BCUT2D eigenvalue weighted by atomic mass is 10.0. The van der Waals surface area contributed by atoms with Gasteiger partial charge in [0.15, 0.2) is 0 Å². The molecule has 0 saturated heterocycles. The molecule has 114 valence electrons. The number of carbonyl (C=O) groups excluding carboxylic acids is 2. The molecule has 2 aromatic rings. The first kappa shape index (κ1) is 16.4. The van der Waals surface area contributed by atoms with Crippen LogP contribution in [0, 0.1) is 0 Å². The van der Waals surface area contributed by atoms with Crippen molar-refractivity contribution in [3.8, 4) is 0 Å². The number of benzene rings is 2. The summed E-state index contributed by atoms with van der Waals surface area (Å²) in [7, 11) is 0. The number of hydrogen-bond donors (Lipinski definition) is 0. The van der Waals surface area contributed by atoms with Crippen LogP contribution in [-0.4, -0.2) is 17.1 Å². The molecule has 0 N–H and O–H groups in total. The third-order valence-electron chi connectivity index (χ3n) is 3.23. The highest BCUT2D eigenvalue weighted by Gasteiger charge is 2.22. The largest absolute Gasteiger partial charge is 0.451 e. The fraction of sp³-hybridized carbons (Fsp3) is 0.222. The summed E-state index contributed by atoms with van der Waals surface area (Å²) in [6.45, 7) is 0. The molecule has 4 heteroatoms. The van der Waals surface area contributed by atoms with Gasteiger partial charge in [-0.05, 0) is 11.1 Å². The summed E-state index contributed by atoms with van der Waals surface area (Å²) in [5, 5.41) is 0.454. The van der Waals surface area contributed by atoms with E-state index in [9.17, 15) is 9.59 Å². The summed E-state index contributed by atoms with van der Waals surface area (Å²) in [6, 6.07) is 19.3. The summed E-state index contributed by atoms with van der Waals surface area (Å²) < 4.78 is 5.45. The standard InChI is InChI=1S/C18H17BrO3/c19-12-11-16(20)18(21)22-17(15-9-5-2-6-10-15)13-14-7-3-1-4-8-14/h1-10,17H,11-13H2. The fourth-order valence-electron chi connectivity index (χ4n) is 2.11. The summed E-state index contributed by atoms with van der Waals surface area (Å²) in [6.07, 6.45) is 0.222. The highest BCUT2D eigenvalue weighted by atomic mass is 79.9. The minimum absolute atomic E-state index is 0.145. The van der Waals surface area contributed by atoms with Gasteiger partial charge in [0, 0.05) is 18.2 Å². The molecule has 0 saturated carbocycles. The SMILES string of the molecule is O=C(CCBr)C(=O)OC(Cc1ccccc1)c1ccccc1. The van der Waals surface area contributed by atoms with Gasteiger partial charge in [-0.25, -0.2) is 4.79 Å². The third kappa shape index (κ3) is 4.81. The first-order valence-corrected chi connectivity index (χ1v) is 8.21. The lowest BCUT2D eigenvalue weighted by Crippen LogP contribution is -2.21. The van der Waals surface area contributed by atoms with Crippen molar-refractivity contribution in [2.75, 3.05) is 5.33 Å². The maximum Gasteiger partial charge on any atom is 0.375 e. The minimum Gasteiger partial charge on any atom is -0.451 e. The van der Waals surface area contributed by atoms with Crippen molar-refractivity contribution in [2.24, 2.45) is 0 Å². The van der Waals surface area contributed by atoms with Gasteiger partial charge in [-0.3, -0.25) is 4.79 Å². The lowest BCUT2D eigenvalue weighted by molar-refractivity contribution is -0.158. The van der Waals surface area contributed by atoms with Gasteiger partial charge in [0.1, 0.15) is 6.10 Å². The quantitative estimate of drug-likeness (QED) is 0.427. The Kier molecular flexibility index (Phi) is 6.34. The van der Waals surface area contributed by atoms with E-state index < -0.39 is 17.9 Å². The van der Waals surface area contributed by atoms with Crippen LogP contribution in [0.25, 0.3) is 0 Å². The van der Waals surface area contributed by atoms with Crippen LogP contribution in [0.4, 0.5) is 0 Å². The number of Topliss-reactive ketones (excluding diaryl/α,β-unsaturated/α-hetero) is 1. The topological polar surface area (TPSA) is 43.4 Å². The van der Waals surface area contributed by atoms with Crippen molar-refractivity contribution in [3.05, 3.63) is 71.8 Å². The molecular formula is C18H17BrO3. The zero-order valence-electron chi connectivity index (χ0n) is 12.1. The minimum atomic E-state index is -0.774. The smallest absolute Gasteiger partial charge is 0.375 e. The number of carbonyl (C=O) groups is 2. The Hall–Kier alpha value is -1.94.